The third-order valence-electron chi connectivity index (χ3n) is 4.48. The normalized spacial score (nSPS) is 10.8. The van der Waals surface area contributed by atoms with Crippen LogP contribution in [0.4, 0.5) is 11.4 Å². The topological polar surface area (TPSA) is 114 Å². The quantitative estimate of drug-likeness (QED) is 0.209. The SMILES string of the molecule is COc1cc(/C=C(\C#N)c2ccc([N+](=O)[O-])cc2)cc(Cl)c1OCC(=O)Nc1ccccc1. The summed E-state index contributed by atoms with van der Waals surface area (Å²) in [6, 6.07) is 19.8. The van der Waals surface area contributed by atoms with Crippen molar-refractivity contribution >= 4 is 40.5 Å². The molecule has 3 aromatic carbocycles. The molecular formula is C24H18ClN3O5. The van der Waals surface area contributed by atoms with E-state index in [1.165, 1.54) is 31.4 Å². The number of carbonyl (C=O) groups excluding carboxylic acids is 1. The van der Waals surface area contributed by atoms with Crippen molar-refractivity contribution in [3.63, 3.8) is 0 Å². The van der Waals surface area contributed by atoms with Crippen molar-refractivity contribution in [1.29, 1.82) is 5.26 Å². The number of nitriles is 1. The first-order valence-electron chi connectivity index (χ1n) is 9.63. The number of anilines is 1. The lowest BCUT2D eigenvalue weighted by molar-refractivity contribution is -0.384. The van der Waals surface area contributed by atoms with Crippen molar-refractivity contribution in [2.75, 3.05) is 19.0 Å². The van der Waals surface area contributed by atoms with Crippen molar-refractivity contribution < 1.29 is 19.2 Å². The van der Waals surface area contributed by atoms with Gasteiger partial charge in [-0.05, 0) is 53.6 Å². The van der Waals surface area contributed by atoms with Gasteiger partial charge in [0.15, 0.2) is 18.1 Å². The molecule has 3 rings (SSSR count). The molecule has 0 saturated carbocycles. The van der Waals surface area contributed by atoms with Crippen molar-refractivity contribution in [1.82, 2.24) is 0 Å². The zero-order chi connectivity index (χ0) is 23.8. The average Bonchev–Trinajstić information content (AvgIpc) is 2.82. The Morgan fingerprint density at radius 2 is 1.88 bits per heavy atom. The molecule has 9 heteroatoms. The Hall–Kier alpha value is -4.35. The predicted molar refractivity (Wildman–Crippen MR) is 125 cm³/mol. The van der Waals surface area contributed by atoms with Crippen LogP contribution in [0.1, 0.15) is 11.1 Å². The lowest BCUT2D eigenvalue weighted by atomic mass is 10.0. The number of amides is 1. The molecule has 0 aliphatic heterocycles. The lowest BCUT2D eigenvalue weighted by Crippen LogP contribution is -2.20. The van der Waals surface area contributed by atoms with Gasteiger partial charge in [0.2, 0.25) is 0 Å². The third kappa shape index (κ3) is 6.09. The van der Waals surface area contributed by atoms with Gasteiger partial charge in [0.25, 0.3) is 11.6 Å². The Labute approximate surface area is 194 Å². The Morgan fingerprint density at radius 3 is 2.48 bits per heavy atom. The van der Waals surface area contributed by atoms with Gasteiger partial charge in [-0.1, -0.05) is 29.8 Å². The monoisotopic (exact) mass is 463 g/mol. The van der Waals surface area contributed by atoms with Crippen LogP contribution in [0, 0.1) is 21.4 Å². The molecule has 0 fully saturated rings. The Kier molecular flexibility index (Phi) is 7.63. The minimum atomic E-state index is -0.511. The predicted octanol–water partition coefficient (Wildman–Crippen LogP) is 5.34. The van der Waals surface area contributed by atoms with Crippen LogP contribution < -0.4 is 14.8 Å². The Balaban J connectivity index is 1.79. The first-order chi connectivity index (χ1) is 15.9. The van der Waals surface area contributed by atoms with Gasteiger partial charge in [0.05, 0.1) is 28.7 Å². The minimum Gasteiger partial charge on any atom is -0.493 e. The second-order valence-corrected chi connectivity index (χ2v) is 7.12. The van der Waals surface area contributed by atoms with E-state index >= 15 is 0 Å². The van der Waals surface area contributed by atoms with E-state index < -0.39 is 4.92 Å². The van der Waals surface area contributed by atoms with Crippen LogP contribution in [0.5, 0.6) is 11.5 Å². The molecule has 0 aliphatic rings. The van der Waals surface area contributed by atoms with Crippen LogP contribution in [-0.4, -0.2) is 24.5 Å². The molecular weight excluding hydrogens is 446 g/mol. The summed E-state index contributed by atoms with van der Waals surface area (Å²) in [6.07, 6.45) is 1.57. The molecule has 8 nitrogen and oxygen atoms in total. The molecule has 0 atom stereocenters. The van der Waals surface area contributed by atoms with E-state index in [2.05, 4.69) is 11.4 Å². The van der Waals surface area contributed by atoms with Crippen LogP contribution >= 0.6 is 11.6 Å². The number of benzene rings is 3. The highest BCUT2D eigenvalue weighted by molar-refractivity contribution is 6.32. The molecule has 33 heavy (non-hydrogen) atoms. The number of hydrogen-bond acceptors (Lipinski definition) is 6. The van der Waals surface area contributed by atoms with Gasteiger partial charge in [0, 0.05) is 17.8 Å². The summed E-state index contributed by atoms with van der Waals surface area (Å²) in [6.45, 7) is -0.285. The fourth-order valence-electron chi connectivity index (χ4n) is 2.93. The number of nitrogens with zero attached hydrogens (tertiary/aromatic N) is 2. The molecule has 0 radical (unpaired) electrons. The maximum absolute atomic E-state index is 12.2. The molecule has 0 heterocycles. The fourth-order valence-corrected chi connectivity index (χ4v) is 3.20. The smallest absolute Gasteiger partial charge is 0.269 e. The second kappa shape index (κ2) is 10.8. The number of nitro benzene ring substituents is 1. The summed E-state index contributed by atoms with van der Waals surface area (Å²) < 4.78 is 10.9. The van der Waals surface area contributed by atoms with Gasteiger partial charge >= 0.3 is 0 Å². The number of nitrogens with one attached hydrogen (secondary N) is 1. The average molecular weight is 464 g/mol. The van der Waals surface area contributed by atoms with Gasteiger partial charge in [-0.15, -0.1) is 0 Å². The lowest BCUT2D eigenvalue weighted by Gasteiger charge is -2.13. The Bertz CT molecular complexity index is 1240. The number of para-hydroxylation sites is 1. The molecule has 0 bridgehead atoms. The molecule has 1 N–H and O–H groups in total. The molecule has 0 aliphatic carbocycles. The zero-order valence-corrected chi connectivity index (χ0v) is 18.2. The van der Waals surface area contributed by atoms with Gasteiger partial charge in [-0.3, -0.25) is 14.9 Å². The molecule has 3 aromatic rings. The van der Waals surface area contributed by atoms with Crippen LogP contribution in [0.25, 0.3) is 11.6 Å². The summed E-state index contributed by atoms with van der Waals surface area (Å²) in [5.41, 5.74) is 1.90. The molecule has 0 spiro atoms. The van der Waals surface area contributed by atoms with Crippen molar-refractivity contribution in [3.8, 4) is 17.6 Å². The molecule has 0 unspecified atom stereocenters. The van der Waals surface area contributed by atoms with Gasteiger partial charge in [-0.2, -0.15) is 5.26 Å². The van der Waals surface area contributed by atoms with Crippen LogP contribution in [-0.2, 0) is 4.79 Å². The number of halogens is 1. The largest absolute Gasteiger partial charge is 0.493 e. The summed E-state index contributed by atoms with van der Waals surface area (Å²) in [5.74, 6) is 0.101. The van der Waals surface area contributed by atoms with Crippen molar-refractivity contribution in [2.24, 2.45) is 0 Å². The van der Waals surface area contributed by atoms with E-state index in [0.29, 0.717) is 16.8 Å². The second-order valence-electron chi connectivity index (χ2n) is 6.71. The first kappa shape index (κ1) is 23.3. The molecule has 1 amide bonds. The van der Waals surface area contributed by atoms with Gasteiger partial charge in [-0.25, -0.2) is 0 Å². The fraction of sp³-hybridized carbons (Fsp3) is 0.0833. The molecule has 0 saturated heterocycles. The number of nitro groups is 1. The van der Waals surface area contributed by atoms with Gasteiger partial charge < -0.3 is 14.8 Å². The standard InChI is InChI=1S/C24H18ClN3O5/c1-32-22-13-16(11-18(14-26)17-7-9-20(10-8-17)28(30)31)12-21(25)24(22)33-15-23(29)27-19-5-3-2-4-6-19/h2-13H,15H2,1H3,(H,27,29)/b18-11+. The van der Waals surface area contributed by atoms with Crippen LogP contribution in [0.3, 0.4) is 0 Å². The Morgan fingerprint density at radius 1 is 1.18 bits per heavy atom. The van der Waals surface area contributed by atoms with Crippen molar-refractivity contribution in [3.05, 3.63) is 93.0 Å². The zero-order valence-electron chi connectivity index (χ0n) is 17.4. The van der Waals surface area contributed by atoms with E-state index in [0.717, 1.165) is 0 Å². The number of hydrogen-bond donors (Lipinski definition) is 1. The number of rotatable bonds is 8. The minimum absolute atomic E-state index is 0.0708. The summed E-state index contributed by atoms with van der Waals surface area (Å²) in [7, 11) is 1.43. The maximum Gasteiger partial charge on any atom is 0.269 e. The third-order valence-corrected chi connectivity index (χ3v) is 4.76. The number of allylic oxidation sites excluding steroid dienone is 1. The number of ether oxygens (including phenoxy) is 2. The number of methoxy groups -OCH3 is 1. The molecule has 0 aromatic heterocycles. The number of non-ortho nitro benzene ring substituents is 1. The van der Waals surface area contributed by atoms with E-state index in [1.807, 2.05) is 6.07 Å². The van der Waals surface area contributed by atoms with E-state index in [9.17, 15) is 20.2 Å². The van der Waals surface area contributed by atoms with E-state index in [4.69, 9.17) is 21.1 Å². The van der Waals surface area contributed by atoms with Crippen molar-refractivity contribution in [2.45, 2.75) is 0 Å². The van der Waals surface area contributed by atoms with E-state index in [-0.39, 0.29) is 40.3 Å². The summed E-state index contributed by atoms with van der Waals surface area (Å²) >= 11 is 6.36. The van der Waals surface area contributed by atoms with Crippen LogP contribution in [0.2, 0.25) is 5.02 Å². The van der Waals surface area contributed by atoms with Gasteiger partial charge in [0.1, 0.15) is 0 Å². The summed E-state index contributed by atoms with van der Waals surface area (Å²) in [5, 5.41) is 23.3. The summed E-state index contributed by atoms with van der Waals surface area (Å²) in [4.78, 5) is 22.5. The highest BCUT2D eigenvalue weighted by Crippen LogP contribution is 2.37. The first-order valence-corrected chi connectivity index (χ1v) is 10.0. The van der Waals surface area contributed by atoms with E-state index in [1.54, 1.807) is 42.5 Å². The maximum atomic E-state index is 12.2. The highest BCUT2D eigenvalue weighted by atomic mass is 35.5. The number of carbonyl (C=O) groups is 1. The van der Waals surface area contributed by atoms with Crippen LogP contribution in [0.15, 0.2) is 66.7 Å². The highest BCUT2D eigenvalue weighted by Gasteiger charge is 2.15. The molecule has 166 valence electrons.